The van der Waals surface area contributed by atoms with Gasteiger partial charge in [0.15, 0.2) is 17.9 Å². The van der Waals surface area contributed by atoms with Gasteiger partial charge < -0.3 is 111 Å². The maximum absolute atomic E-state index is 14.4. The summed E-state index contributed by atoms with van der Waals surface area (Å²) in [6, 6.07) is 12.0. The molecule has 9 amide bonds. The molecule has 0 aliphatic rings. The van der Waals surface area contributed by atoms with Crippen molar-refractivity contribution in [2.75, 3.05) is 89.0 Å². The van der Waals surface area contributed by atoms with Crippen molar-refractivity contribution in [3.8, 4) is 23.0 Å². The molecule has 0 heterocycles. The molecule has 4 rings (SSSR count). The lowest BCUT2D eigenvalue weighted by molar-refractivity contribution is -0.126. The lowest BCUT2D eigenvalue weighted by Crippen LogP contribution is -2.45. The largest absolute Gasteiger partial charge is 0.496 e. The summed E-state index contributed by atoms with van der Waals surface area (Å²) in [6.45, 7) is 2.31. The van der Waals surface area contributed by atoms with Crippen molar-refractivity contribution in [2.24, 2.45) is 28.7 Å². The number of guanidine groups is 3. The molecule has 0 fully saturated rings. The normalized spacial score (nSPS) is 11.9. The number of carbonyl (C=O) groups is 9. The Kier molecular flexibility index (Phi) is 29.5. The van der Waals surface area contributed by atoms with Crippen molar-refractivity contribution in [3.63, 3.8) is 0 Å². The van der Waals surface area contributed by atoms with Gasteiger partial charge in [0.2, 0.25) is 29.5 Å². The molecule has 0 spiro atoms. The molecule has 0 aliphatic carbocycles. The average molecular weight is 1270 g/mol. The van der Waals surface area contributed by atoms with Crippen LogP contribution in [0.1, 0.15) is 93.3 Å². The molecule has 4 aromatic carbocycles. The topological polar surface area (TPSA) is 537 Å². The Morgan fingerprint density at radius 2 is 0.703 bits per heavy atom. The first kappa shape index (κ1) is 72.5. The van der Waals surface area contributed by atoms with Gasteiger partial charge in [0.1, 0.15) is 47.2 Å². The zero-order valence-corrected chi connectivity index (χ0v) is 51.1. The zero-order valence-electron chi connectivity index (χ0n) is 51.1. The van der Waals surface area contributed by atoms with E-state index < -0.39 is 77.3 Å². The fraction of sp³-hybridized carbons (Fsp3) is 0.379. The Bertz CT molecular complexity index is 3280. The fourth-order valence-corrected chi connectivity index (χ4v) is 8.68. The lowest BCUT2D eigenvalue weighted by Gasteiger charge is -2.22. The van der Waals surface area contributed by atoms with Crippen LogP contribution >= 0.6 is 0 Å². The molecule has 0 aromatic heterocycles. The summed E-state index contributed by atoms with van der Waals surface area (Å²) < 4.78 is 21.8. The molecule has 4 atom stereocenters. The van der Waals surface area contributed by atoms with Crippen molar-refractivity contribution >= 4 is 93.8 Å². The summed E-state index contributed by atoms with van der Waals surface area (Å²) in [4.78, 5) is 123. The third-order valence-corrected chi connectivity index (χ3v) is 13.2. The van der Waals surface area contributed by atoms with Gasteiger partial charge in [-0.15, -0.1) is 0 Å². The molecular weight excluding hydrogens is 1180 g/mol. The van der Waals surface area contributed by atoms with Crippen LogP contribution < -0.4 is 111 Å². The van der Waals surface area contributed by atoms with E-state index in [-0.39, 0.29) is 170 Å². The van der Waals surface area contributed by atoms with Crippen LogP contribution in [0, 0.1) is 16.2 Å². The molecule has 0 radical (unpaired) electrons. The molecule has 91 heavy (non-hydrogen) atoms. The first-order valence-corrected chi connectivity index (χ1v) is 28.6. The van der Waals surface area contributed by atoms with Gasteiger partial charge in [0, 0.05) is 68.4 Å². The standard InChI is InChI=1S/C58H82N20O13/c1-31(71-47(79)20-21-59)48(80)72-32-12-17-44(89-3)37(28-32)50(82)76-41(10-7-24-69-57(63)64)54(86)74-34-14-19-46(91-5)39(30-34)52(84)78-42(11-8-25-70-58(65)66)55(87)75-35-15-18-45(90-4)38(29-35)51(83)77-40(9-6-23-68-56(61)62)53(85)73-33-13-16-43(88-2)36(27-33)49(81)67-26-22-60/h12-19,27-31,40-42H,6-11,20-26,59-60H2,1-5H3,(H,67,81)(H,71,79)(H,72,80)(H,73,85)(H,74,86)(H,75,87)(H,76,82)(H,77,83)(H,78,84)(H4,61,62,68)(H4,63,64,69)(H4,65,66,70)/t31-,40-,41-,42-/m1/s1. The highest BCUT2D eigenvalue weighted by Crippen LogP contribution is 2.28. The smallest absolute Gasteiger partial charge is 0.255 e. The van der Waals surface area contributed by atoms with Crippen LogP contribution in [-0.4, -0.2) is 163 Å². The van der Waals surface area contributed by atoms with Crippen LogP contribution in [0.5, 0.6) is 23.0 Å². The van der Waals surface area contributed by atoms with Crippen LogP contribution in [0.2, 0.25) is 0 Å². The molecule has 0 unspecified atom stereocenters. The van der Waals surface area contributed by atoms with Crippen LogP contribution in [0.3, 0.4) is 0 Å². The molecule has 0 aliphatic heterocycles. The summed E-state index contributed by atoms with van der Waals surface area (Å²) in [7, 11) is 5.29. The number of methoxy groups -OCH3 is 4. The van der Waals surface area contributed by atoms with Gasteiger partial charge >= 0.3 is 0 Å². The lowest BCUT2D eigenvalue weighted by atomic mass is 10.1. The molecule has 25 N–H and O–H groups in total. The molecule has 33 heteroatoms. The van der Waals surface area contributed by atoms with Crippen molar-refractivity contribution in [3.05, 3.63) is 95.1 Å². The summed E-state index contributed by atoms with van der Waals surface area (Å²) in [5, 5.41) is 54.8. The maximum atomic E-state index is 14.4. The second-order valence-electron chi connectivity index (χ2n) is 20.0. The first-order chi connectivity index (χ1) is 43.4. The number of nitrogens with two attached hydrogens (primary N) is 5. The van der Waals surface area contributed by atoms with E-state index in [2.05, 4.69) is 63.8 Å². The number of carbonyl (C=O) groups excluding carboxylic acids is 9. The third kappa shape index (κ3) is 23.6. The van der Waals surface area contributed by atoms with E-state index in [0.29, 0.717) is 0 Å². The van der Waals surface area contributed by atoms with E-state index in [4.69, 9.17) is 63.8 Å². The zero-order chi connectivity index (χ0) is 67.2. The van der Waals surface area contributed by atoms with E-state index in [1.165, 1.54) is 108 Å². The van der Waals surface area contributed by atoms with Gasteiger partial charge in [-0.05, 0) is 118 Å². The van der Waals surface area contributed by atoms with Gasteiger partial charge in [0.05, 0.1) is 50.7 Å². The molecule has 0 bridgehead atoms. The SMILES string of the molecule is COc1ccc(NC(=O)[C@@H](CCCNC(=N)N)NC(=O)c2cc(NC(=O)[C@@H](CCCNC(=N)N)NC(=O)c3cc(NC(=O)[C@@H](CCCNC(=N)N)NC(=O)c4cc(NC(=O)[C@@H](C)NC(=O)CCN)ccc4OC)ccc3OC)ccc2OC)cc1C(=O)NCCN. The minimum atomic E-state index is -1.33. The summed E-state index contributed by atoms with van der Waals surface area (Å²) in [6.07, 6.45) is 0.595. The third-order valence-electron chi connectivity index (χ3n) is 13.2. The Morgan fingerprint density at radius 1 is 0.407 bits per heavy atom. The van der Waals surface area contributed by atoms with E-state index in [1.807, 2.05) is 0 Å². The number of benzene rings is 4. The maximum Gasteiger partial charge on any atom is 0.255 e. The molecule has 4 aromatic rings. The number of nitrogens with one attached hydrogen (secondary N) is 15. The van der Waals surface area contributed by atoms with Crippen molar-refractivity contribution < 1.29 is 62.1 Å². The monoisotopic (exact) mass is 1270 g/mol. The van der Waals surface area contributed by atoms with Gasteiger partial charge in [-0.2, -0.15) is 0 Å². The van der Waals surface area contributed by atoms with E-state index >= 15 is 0 Å². The summed E-state index contributed by atoms with van der Waals surface area (Å²) >= 11 is 0. The average Bonchev–Trinajstić information content (AvgIpc) is 1.08. The van der Waals surface area contributed by atoms with Crippen molar-refractivity contribution in [1.29, 1.82) is 16.2 Å². The number of hydrogen-bond acceptors (Lipinski definition) is 18. The van der Waals surface area contributed by atoms with Crippen LogP contribution in [0.15, 0.2) is 72.8 Å². The predicted octanol–water partition coefficient (Wildman–Crippen LogP) is -0.797. The molecule has 492 valence electrons. The fourth-order valence-electron chi connectivity index (χ4n) is 8.68. The van der Waals surface area contributed by atoms with Gasteiger partial charge in [-0.25, -0.2) is 0 Å². The number of ether oxygens (including phenoxy) is 4. The Morgan fingerprint density at radius 3 is 0.978 bits per heavy atom. The van der Waals surface area contributed by atoms with Crippen molar-refractivity contribution in [2.45, 2.75) is 76.0 Å². The highest BCUT2D eigenvalue weighted by atomic mass is 16.5. The van der Waals surface area contributed by atoms with E-state index in [1.54, 1.807) is 0 Å². The predicted molar refractivity (Wildman–Crippen MR) is 340 cm³/mol. The molecule has 0 saturated heterocycles. The van der Waals surface area contributed by atoms with Crippen LogP contribution in [-0.2, 0) is 24.0 Å². The van der Waals surface area contributed by atoms with Crippen LogP contribution in [0.4, 0.5) is 22.7 Å². The van der Waals surface area contributed by atoms with Crippen molar-refractivity contribution in [1.82, 2.24) is 42.5 Å². The Balaban J connectivity index is 1.61. The highest BCUT2D eigenvalue weighted by Gasteiger charge is 2.29. The van der Waals surface area contributed by atoms with Crippen LogP contribution in [0.25, 0.3) is 0 Å². The van der Waals surface area contributed by atoms with Gasteiger partial charge in [-0.1, -0.05) is 0 Å². The minimum Gasteiger partial charge on any atom is -0.496 e. The highest BCUT2D eigenvalue weighted by molar-refractivity contribution is 6.08. The summed E-state index contributed by atoms with van der Waals surface area (Å²) in [5.41, 5.74) is 27.7. The molecule has 0 saturated carbocycles. The minimum absolute atomic E-state index is 0.00363. The molecular formula is C58H82N20O13. The Hall–Kier alpha value is -11.0. The molecule has 33 nitrogen and oxygen atoms in total. The number of hydrogen-bond donors (Lipinski definition) is 20. The number of amides is 9. The number of anilines is 4. The van der Waals surface area contributed by atoms with Gasteiger partial charge in [0.25, 0.3) is 23.6 Å². The van der Waals surface area contributed by atoms with E-state index in [9.17, 15) is 43.2 Å². The number of rotatable bonds is 36. The second-order valence-corrected chi connectivity index (χ2v) is 20.0. The summed E-state index contributed by atoms with van der Waals surface area (Å²) in [5.74, 6) is -6.83. The van der Waals surface area contributed by atoms with Gasteiger partial charge in [-0.3, -0.25) is 59.4 Å². The second kappa shape index (κ2) is 37.0. The Labute approximate surface area is 524 Å². The van der Waals surface area contributed by atoms with E-state index in [0.717, 1.165) is 0 Å². The quantitative estimate of drug-likeness (QED) is 0.0151. The first-order valence-electron chi connectivity index (χ1n) is 28.6.